The molecule has 22 heavy (non-hydrogen) atoms. The van der Waals surface area contributed by atoms with Gasteiger partial charge in [-0.05, 0) is 26.7 Å². The summed E-state index contributed by atoms with van der Waals surface area (Å²) in [6.07, 6.45) is 0.925. The van der Waals surface area contributed by atoms with Crippen LogP contribution in [0.25, 0.3) is 0 Å². The second-order valence-corrected chi connectivity index (χ2v) is 4.97. The van der Waals surface area contributed by atoms with Gasteiger partial charge in [-0.1, -0.05) is 0 Å². The molecule has 1 aliphatic rings. The van der Waals surface area contributed by atoms with Crippen LogP contribution < -0.4 is 5.32 Å². The van der Waals surface area contributed by atoms with E-state index >= 15 is 0 Å². The van der Waals surface area contributed by atoms with Gasteiger partial charge in [0.25, 0.3) is 0 Å². The molecule has 1 amide bonds. The fraction of sp³-hybridized carbons (Fsp3) is 0.714. The van der Waals surface area contributed by atoms with Gasteiger partial charge in [0, 0.05) is 5.92 Å². The lowest BCUT2D eigenvalue weighted by atomic mass is 9.95. The molecule has 0 spiro atoms. The highest BCUT2D eigenvalue weighted by Gasteiger charge is 2.40. The Morgan fingerprint density at radius 2 is 1.73 bits per heavy atom. The number of rotatable bonds is 9. The number of carboxylic acids is 1. The van der Waals surface area contributed by atoms with Crippen LogP contribution in [0.2, 0.25) is 0 Å². The van der Waals surface area contributed by atoms with Crippen molar-refractivity contribution in [2.75, 3.05) is 13.2 Å². The number of carbonyl (C=O) groups is 4. The van der Waals surface area contributed by atoms with Crippen LogP contribution in [-0.4, -0.2) is 48.2 Å². The average molecular weight is 315 g/mol. The zero-order chi connectivity index (χ0) is 16.7. The average Bonchev–Trinajstić information content (AvgIpc) is 3.27. The lowest BCUT2D eigenvalue weighted by Gasteiger charge is -2.22. The Morgan fingerprint density at radius 1 is 1.14 bits per heavy atom. The van der Waals surface area contributed by atoms with E-state index in [-0.39, 0.29) is 19.1 Å². The van der Waals surface area contributed by atoms with Crippen molar-refractivity contribution in [3.8, 4) is 0 Å². The van der Waals surface area contributed by atoms with Crippen LogP contribution in [0.15, 0.2) is 0 Å². The van der Waals surface area contributed by atoms with Crippen molar-refractivity contribution in [3.63, 3.8) is 0 Å². The molecule has 1 saturated carbocycles. The fourth-order valence-electron chi connectivity index (χ4n) is 1.94. The van der Waals surface area contributed by atoms with Gasteiger partial charge in [-0.2, -0.15) is 0 Å². The standard InChI is InChI=1S/C14H21NO7/c1-3-21-10(16)7-9(14(20)22-4-2)11(13(18)19)15-12(17)8-5-6-8/h8-9,11H,3-7H2,1-2H3,(H,15,17)(H,18,19)/t9-,11+/m1/s1. The minimum Gasteiger partial charge on any atom is -0.480 e. The van der Waals surface area contributed by atoms with Gasteiger partial charge < -0.3 is 19.9 Å². The van der Waals surface area contributed by atoms with E-state index in [1.807, 2.05) is 0 Å². The molecule has 2 N–H and O–H groups in total. The molecule has 0 saturated heterocycles. The number of ether oxygens (including phenoxy) is 2. The summed E-state index contributed by atoms with van der Waals surface area (Å²) < 4.78 is 9.55. The van der Waals surface area contributed by atoms with Crippen molar-refractivity contribution in [2.45, 2.75) is 39.2 Å². The zero-order valence-corrected chi connectivity index (χ0v) is 12.7. The Morgan fingerprint density at radius 3 is 2.18 bits per heavy atom. The molecule has 0 heterocycles. The molecule has 1 aliphatic carbocycles. The van der Waals surface area contributed by atoms with Crippen LogP contribution in [0.5, 0.6) is 0 Å². The summed E-state index contributed by atoms with van der Waals surface area (Å²) in [6.45, 7) is 3.32. The molecular weight excluding hydrogens is 294 g/mol. The number of carbonyl (C=O) groups excluding carboxylic acids is 3. The second-order valence-electron chi connectivity index (χ2n) is 4.97. The van der Waals surface area contributed by atoms with E-state index in [9.17, 15) is 24.3 Å². The summed E-state index contributed by atoms with van der Waals surface area (Å²) in [5, 5.41) is 11.6. The van der Waals surface area contributed by atoms with Gasteiger partial charge in [0.2, 0.25) is 5.91 Å². The van der Waals surface area contributed by atoms with Crippen LogP contribution in [0.1, 0.15) is 33.1 Å². The maximum Gasteiger partial charge on any atom is 0.327 e. The van der Waals surface area contributed by atoms with E-state index in [0.29, 0.717) is 12.8 Å². The van der Waals surface area contributed by atoms with Gasteiger partial charge in [0.15, 0.2) is 0 Å². The zero-order valence-electron chi connectivity index (χ0n) is 12.7. The first-order valence-electron chi connectivity index (χ1n) is 7.26. The predicted molar refractivity (Wildman–Crippen MR) is 73.7 cm³/mol. The summed E-state index contributed by atoms with van der Waals surface area (Å²) in [6, 6.07) is -1.52. The minimum absolute atomic E-state index is 0.0427. The van der Waals surface area contributed by atoms with Crippen molar-refractivity contribution in [1.29, 1.82) is 0 Å². The maximum atomic E-state index is 12.0. The molecule has 0 radical (unpaired) electrons. The summed E-state index contributed by atoms with van der Waals surface area (Å²) in [5.41, 5.74) is 0. The molecule has 0 aliphatic heterocycles. The van der Waals surface area contributed by atoms with Crippen molar-refractivity contribution in [2.24, 2.45) is 11.8 Å². The Hall–Kier alpha value is -2.12. The molecule has 8 nitrogen and oxygen atoms in total. The van der Waals surface area contributed by atoms with Crippen LogP contribution in [0, 0.1) is 11.8 Å². The topological polar surface area (TPSA) is 119 Å². The van der Waals surface area contributed by atoms with E-state index in [4.69, 9.17) is 9.47 Å². The van der Waals surface area contributed by atoms with Crippen molar-refractivity contribution in [1.82, 2.24) is 5.32 Å². The van der Waals surface area contributed by atoms with Gasteiger partial charge in [-0.15, -0.1) is 0 Å². The number of hydrogen-bond donors (Lipinski definition) is 2. The smallest absolute Gasteiger partial charge is 0.327 e. The molecule has 1 fully saturated rings. The molecule has 0 bridgehead atoms. The van der Waals surface area contributed by atoms with Crippen molar-refractivity contribution in [3.05, 3.63) is 0 Å². The number of aliphatic carboxylic acids is 1. The summed E-state index contributed by atoms with van der Waals surface area (Å²) in [7, 11) is 0. The SMILES string of the molecule is CCOC(=O)C[C@@H](C(=O)OCC)[C@H](NC(=O)C1CC1)C(=O)O. The van der Waals surface area contributed by atoms with E-state index < -0.39 is 42.2 Å². The molecular formula is C14H21NO7. The number of hydrogen-bond acceptors (Lipinski definition) is 6. The molecule has 0 aromatic carbocycles. The Balaban J connectivity index is 2.85. The molecule has 2 atom stereocenters. The largest absolute Gasteiger partial charge is 0.480 e. The first-order chi connectivity index (χ1) is 10.4. The molecule has 8 heteroatoms. The second kappa shape index (κ2) is 8.35. The van der Waals surface area contributed by atoms with Crippen LogP contribution in [0.4, 0.5) is 0 Å². The monoisotopic (exact) mass is 315 g/mol. The normalized spacial score (nSPS) is 16.3. The minimum atomic E-state index is -1.52. The lowest BCUT2D eigenvalue weighted by molar-refractivity contribution is -0.160. The van der Waals surface area contributed by atoms with Crippen LogP contribution in [0.3, 0.4) is 0 Å². The van der Waals surface area contributed by atoms with Gasteiger partial charge in [-0.3, -0.25) is 14.4 Å². The predicted octanol–water partition coefficient (Wildman–Crippen LogP) is 0.0983. The third-order valence-electron chi connectivity index (χ3n) is 3.20. The van der Waals surface area contributed by atoms with Crippen molar-refractivity contribution < 1.29 is 33.8 Å². The van der Waals surface area contributed by atoms with Crippen molar-refractivity contribution >= 4 is 23.8 Å². The molecule has 0 unspecified atom stereocenters. The van der Waals surface area contributed by atoms with E-state index in [1.54, 1.807) is 13.8 Å². The van der Waals surface area contributed by atoms with Gasteiger partial charge in [0.05, 0.1) is 25.6 Å². The molecule has 0 aromatic heterocycles. The van der Waals surface area contributed by atoms with Gasteiger partial charge in [0.1, 0.15) is 6.04 Å². The quantitative estimate of drug-likeness (QED) is 0.579. The highest BCUT2D eigenvalue weighted by molar-refractivity contribution is 5.91. The summed E-state index contributed by atoms with van der Waals surface area (Å²) >= 11 is 0. The Labute approximate surface area is 128 Å². The van der Waals surface area contributed by atoms with Gasteiger partial charge >= 0.3 is 17.9 Å². The molecule has 1 rings (SSSR count). The molecule has 0 aromatic rings. The van der Waals surface area contributed by atoms with Crippen LogP contribution >= 0.6 is 0 Å². The number of amides is 1. The summed E-state index contributed by atoms with van der Waals surface area (Å²) in [4.78, 5) is 46.7. The van der Waals surface area contributed by atoms with E-state index in [2.05, 4.69) is 5.32 Å². The first kappa shape index (κ1) is 17.9. The Bertz CT molecular complexity index is 444. The number of carboxylic acid groups (broad SMARTS) is 1. The molecule has 124 valence electrons. The first-order valence-corrected chi connectivity index (χ1v) is 7.26. The highest BCUT2D eigenvalue weighted by Crippen LogP contribution is 2.29. The third kappa shape index (κ3) is 5.34. The lowest BCUT2D eigenvalue weighted by Crippen LogP contribution is -2.50. The summed E-state index contributed by atoms with van der Waals surface area (Å²) in [5.74, 6) is -4.92. The maximum absolute atomic E-state index is 12.0. The van der Waals surface area contributed by atoms with E-state index in [0.717, 1.165) is 0 Å². The third-order valence-corrected chi connectivity index (χ3v) is 3.20. The fourth-order valence-corrected chi connectivity index (χ4v) is 1.94. The highest BCUT2D eigenvalue weighted by atomic mass is 16.5. The van der Waals surface area contributed by atoms with Crippen LogP contribution in [-0.2, 0) is 28.7 Å². The van der Waals surface area contributed by atoms with Gasteiger partial charge in [-0.25, -0.2) is 4.79 Å². The number of nitrogens with one attached hydrogen (secondary N) is 1. The Kier molecular flexibility index (Phi) is 6.81. The van der Waals surface area contributed by atoms with E-state index in [1.165, 1.54) is 0 Å². The number of esters is 2.